The monoisotopic (exact) mass is 389 g/mol. The van der Waals surface area contributed by atoms with E-state index in [9.17, 15) is 13.8 Å². The molecule has 2 atom stereocenters. The van der Waals surface area contributed by atoms with Crippen LogP contribution in [0.15, 0.2) is 47.4 Å². The largest absolute Gasteiger partial charge is 0.454 e. The lowest BCUT2D eigenvalue weighted by Crippen LogP contribution is -2.31. The van der Waals surface area contributed by atoms with Gasteiger partial charge in [-0.1, -0.05) is 18.2 Å². The van der Waals surface area contributed by atoms with E-state index in [4.69, 9.17) is 14.2 Å². The summed E-state index contributed by atoms with van der Waals surface area (Å²) in [4.78, 5) is 24.7. The average Bonchev–Trinajstić information content (AvgIpc) is 3.13. The molecular formula is C19H19NO6S. The predicted octanol–water partition coefficient (Wildman–Crippen LogP) is 2.19. The number of esters is 1. The molecule has 0 aromatic heterocycles. The molecule has 27 heavy (non-hydrogen) atoms. The zero-order chi connectivity index (χ0) is 19.4. The Bertz CT molecular complexity index is 898. The van der Waals surface area contributed by atoms with Crippen molar-refractivity contribution in [3.05, 3.63) is 53.6 Å². The van der Waals surface area contributed by atoms with Gasteiger partial charge in [-0.15, -0.1) is 0 Å². The SMILES string of the molecule is C[C@@H](NC(=O)COC(=O)c1ccccc1[S@@](C)=O)c1ccc2c(c1)OCO2. The molecule has 0 saturated heterocycles. The van der Waals surface area contributed by atoms with Gasteiger partial charge in [-0.3, -0.25) is 9.00 Å². The first-order valence-corrected chi connectivity index (χ1v) is 9.80. The number of amides is 1. The highest BCUT2D eigenvalue weighted by molar-refractivity contribution is 7.84. The van der Waals surface area contributed by atoms with Crippen molar-refractivity contribution in [3.8, 4) is 11.5 Å². The molecule has 2 aromatic carbocycles. The number of benzene rings is 2. The lowest BCUT2D eigenvalue weighted by molar-refractivity contribution is -0.124. The van der Waals surface area contributed by atoms with Crippen LogP contribution in [0.5, 0.6) is 11.5 Å². The van der Waals surface area contributed by atoms with Gasteiger partial charge in [-0.2, -0.15) is 0 Å². The van der Waals surface area contributed by atoms with Crippen molar-refractivity contribution >= 4 is 22.7 Å². The lowest BCUT2D eigenvalue weighted by Gasteiger charge is -2.15. The first-order chi connectivity index (χ1) is 13.0. The maximum absolute atomic E-state index is 12.2. The van der Waals surface area contributed by atoms with E-state index in [-0.39, 0.29) is 18.4 Å². The van der Waals surface area contributed by atoms with Gasteiger partial charge in [-0.05, 0) is 36.8 Å². The van der Waals surface area contributed by atoms with Crippen LogP contribution in [0.4, 0.5) is 0 Å². The molecule has 7 nitrogen and oxygen atoms in total. The Morgan fingerprint density at radius 1 is 1.19 bits per heavy atom. The molecule has 1 heterocycles. The number of fused-ring (bicyclic) bond motifs is 1. The van der Waals surface area contributed by atoms with Gasteiger partial charge in [0.1, 0.15) is 0 Å². The highest BCUT2D eigenvalue weighted by Gasteiger charge is 2.19. The van der Waals surface area contributed by atoms with Gasteiger partial charge < -0.3 is 19.5 Å². The van der Waals surface area contributed by atoms with Crippen molar-refractivity contribution in [2.75, 3.05) is 19.7 Å². The van der Waals surface area contributed by atoms with Gasteiger partial charge in [0, 0.05) is 6.26 Å². The van der Waals surface area contributed by atoms with Crippen molar-refractivity contribution < 1.29 is 28.0 Å². The Morgan fingerprint density at radius 2 is 1.93 bits per heavy atom. The molecule has 3 rings (SSSR count). The molecule has 0 radical (unpaired) electrons. The van der Waals surface area contributed by atoms with E-state index < -0.39 is 29.3 Å². The smallest absolute Gasteiger partial charge is 0.339 e. The van der Waals surface area contributed by atoms with Gasteiger partial charge in [0.2, 0.25) is 6.79 Å². The first kappa shape index (κ1) is 18.9. The van der Waals surface area contributed by atoms with Gasteiger partial charge in [0.05, 0.1) is 27.3 Å². The summed E-state index contributed by atoms with van der Waals surface area (Å²) in [6, 6.07) is 11.6. The van der Waals surface area contributed by atoms with Crippen LogP contribution in [0.3, 0.4) is 0 Å². The minimum Gasteiger partial charge on any atom is -0.454 e. The van der Waals surface area contributed by atoms with E-state index in [1.165, 1.54) is 12.3 Å². The fourth-order valence-corrected chi connectivity index (χ4v) is 3.38. The molecule has 1 aliphatic heterocycles. The second-order valence-electron chi connectivity index (χ2n) is 5.93. The number of hydrogen-bond donors (Lipinski definition) is 1. The van der Waals surface area contributed by atoms with Crippen LogP contribution in [0.1, 0.15) is 28.9 Å². The van der Waals surface area contributed by atoms with Crippen LogP contribution in [0, 0.1) is 0 Å². The number of rotatable bonds is 6. The molecular weight excluding hydrogens is 370 g/mol. The second kappa shape index (κ2) is 8.22. The number of nitrogens with one attached hydrogen (secondary N) is 1. The summed E-state index contributed by atoms with van der Waals surface area (Å²) in [5.74, 6) is 0.165. The highest BCUT2D eigenvalue weighted by Crippen LogP contribution is 2.34. The van der Waals surface area contributed by atoms with Gasteiger partial charge in [-0.25, -0.2) is 4.79 Å². The summed E-state index contributed by atoms with van der Waals surface area (Å²) in [5, 5.41) is 2.76. The Labute approximate surface area is 159 Å². The number of carbonyl (C=O) groups excluding carboxylic acids is 2. The molecule has 0 saturated carbocycles. The van der Waals surface area contributed by atoms with E-state index in [1.54, 1.807) is 30.3 Å². The summed E-state index contributed by atoms with van der Waals surface area (Å²) >= 11 is 0. The molecule has 8 heteroatoms. The van der Waals surface area contributed by atoms with Crippen LogP contribution < -0.4 is 14.8 Å². The molecule has 1 aliphatic rings. The van der Waals surface area contributed by atoms with Crippen molar-refractivity contribution in [2.24, 2.45) is 0 Å². The van der Waals surface area contributed by atoms with Gasteiger partial charge >= 0.3 is 5.97 Å². The standard InChI is InChI=1S/C19H19NO6S/c1-12(13-7-8-15-16(9-13)26-11-25-15)20-18(21)10-24-19(22)14-5-3-4-6-17(14)27(2)23/h3-9,12H,10-11H2,1-2H3,(H,20,21)/t12-,27-/m1/s1. The Balaban J connectivity index is 1.57. The van der Waals surface area contributed by atoms with E-state index in [0.717, 1.165) is 5.56 Å². The maximum Gasteiger partial charge on any atom is 0.339 e. The number of carbonyl (C=O) groups is 2. The predicted molar refractivity (Wildman–Crippen MR) is 98.2 cm³/mol. The topological polar surface area (TPSA) is 90.9 Å². The van der Waals surface area contributed by atoms with Gasteiger partial charge in [0.15, 0.2) is 18.1 Å². The third kappa shape index (κ3) is 4.46. The molecule has 1 N–H and O–H groups in total. The summed E-state index contributed by atoms with van der Waals surface area (Å²) in [5.41, 5.74) is 1.03. The van der Waals surface area contributed by atoms with Gasteiger partial charge in [0.25, 0.3) is 5.91 Å². The highest BCUT2D eigenvalue weighted by atomic mass is 32.2. The molecule has 0 spiro atoms. The number of hydrogen-bond acceptors (Lipinski definition) is 6. The van der Waals surface area contributed by atoms with Crippen LogP contribution in [-0.4, -0.2) is 35.7 Å². The summed E-state index contributed by atoms with van der Waals surface area (Å²) < 4.78 is 27.3. The second-order valence-corrected chi connectivity index (χ2v) is 7.28. The Hall–Kier alpha value is -2.87. The molecule has 0 fully saturated rings. The number of ether oxygens (including phenoxy) is 3. The van der Waals surface area contributed by atoms with Crippen molar-refractivity contribution in [1.82, 2.24) is 5.32 Å². The maximum atomic E-state index is 12.2. The molecule has 0 unspecified atom stereocenters. The quantitative estimate of drug-likeness (QED) is 0.762. The van der Waals surface area contributed by atoms with Crippen LogP contribution in [0.2, 0.25) is 0 Å². The van der Waals surface area contributed by atoms with E-state index in [2.05, 4.69) is 5.32 Å². The van der Waals surface area contributed by atoms with E-state index in [1.807, 2.05) is 13.0 Å². The third-order valence-corrected chi connectivity index (χ3v) is 5.00. The average molecular weight is 389 g/mol. The minimum absolute atomic E-state index is 0.180. The van der Waals surface area contributed by atoms with Crippen LogP contribution in [-0.2, 0) is 20.3 Å². The molecule has 1 amide bonds. The minimum atomic E-state index is -1.33. The Morgan fingerprint density at radius 3 is 2.70 bits per heavy atom. The first-order valence-electron chi connectivity index (χ1n) is 8.24. The van der Waals surface area contributed by atoms with Crippen molar-refractivity contribution in [2.45, 2.75) is 17.9 Å². The lowest BCUT2D eigenvalue weighted by atomic mass is 10.1. The fraction of sp³-hybridized carbons (Fsp3) is 0.263. The summed E-state index contributed by atoms with van der Waals surface area (Å²) in [7, 11) is -1.33. The molecule has 142 valence electrons. The normalized spacial score (nSPS) is 14.3. The van der Waals surface area contributed by atoms with Crippen molar-refractivity contribution in [1.29, 1.82) is 0 Å². The zero-order valence-corrected chi connectivity index (χ0v) is 15.7. The fourth-order valence-electron chi connectivity index (χ4n) is 2.64. The molecule has 0 aliphatic carbocycles. The van der Waals surface area contributed by atoms with E-state index >= 15 is 0 Å². The summed E-state index contributed by atoms with van der Waals surface area (Å²) in [6.07, 6.45) is 1.48. The van der Waals surface area contributed by atoms with Crippen LogP contribution >= 0.6 is 0 Å². The van der Waals surface area contributed by atoms with Crippen LogP contribution in [0.25, 0.3) is 0 Å². The third-order valence-electron chi connectivity index (χ3n) is 4.03. The van der Waals surface area contributed by atoms with E-state index in [0.29, 0.717) is 16.4 Å². The molecule has 0 bridgehead atoms. The summed E-state index contributed by atoms with van der Waals surface area (Å²) in [6.45, 7) is 1.56. The molecule has 2 aromatic rings. The van der Waals surface area contributed by atoms with Crippen molar-refractivity contribution in [3.63, 3.8) is 0 Å². The zero-order valence-electron chi connectivity index (χ0n) is 14.9. The Kier molecular flexibility index (Phi) is 5.75.